The van der Waals surface area contributed by atoms with Crippen molar-refractivity contribution >= 4 is 34.9 Å². The van der Waals surface area contributed by atoms with Crippen LogP contribution in [0.3, 0.4) is 0 Å². The van der Waals surface area contributed by atoms with Gasteiger partial charge in [-0.3, -0.25) is 0 Å². The lowest BCUT2D eigenvalue weighted by Gasteiger charge is -2.51. The molecule has 310 valence electrons. The van der Waals surface area contributed by atoms with Crippen molar-refractivity contribution in [2.24, 2.45) is 0 Å². The first-order chi connectivity index (χ1) is 32.1. The summed E-state index contributed by atoms with van der Waals surface area (Å²) in [6.07, 6.45) is 18.0. The van der Waals surface area contributed by atoms with Crippen LogP contribution in [-0.4, -0.2) is 19.2 Å². The van der Waals surface area contributed by atoms with Crippen LogP contribution < -0.4 is 24.7 Å². The standard InChI is InChI=1S/C60H45BN2O2/c1-34-22-28-54-50(30-34)56-59(64-54)62(36-24-26-46-42-16-5-3-12-38(42)40-14-7-9-18-44(40)48(46)32-36)52-20-11-21-53-58(52)61(56)57-51-31-35(2)23-29-55(51)65-60(57)63(53)37-25-27-47-43-17-6-4-13-39(43)41-15-8-10-19-45(41)49(47)33-37/h3-33,40-41,44-45,56-57,59-60H,1-2H3. The van der Waals surface area contributed by atoms with Gasteiger partial charge in [-0.25, -0.2) is 0 Å². The van der Waals surface area contributed by atoms with Crippen molar-refractivity contribution in [3.05, 3.63) is 233 Å². The number of aryl methyl sites for hydroxylation is 2. The highest BCUT2D eigenvalue weighted by Gasteiger charge is 2.61. The summed E-state index contributed by atoms with van der Waals surface area (Å²) in [5.74, 6) is 3.17. The van der Waals surface area contributed by atoms with Crippen molar-refractivity contribution in [1.82, 2.24) is 0 Å². The molecule has 15 rings (SSSR count). The Morgan fingerprint density at radius 3 is 1.31 bits per heavy atom. The molecule has 0 amide bonds. The average Bonchev–Trinajstić information content (AvgIpc) is 3.92. The number of fused-ring (bicyclic) bond motifs is 20. The molecular formula is C60H45BN2O2. The third-order valence-electron chi connectivity index (χ3n) is 16.2. The third kappa shape index (κ3) is 4.88. The van der Waals surface area contributed by atoms with Crippen LogP contribution in [-0.2, 0) is 0 Å². The largest absolute Gasteiger partial charge is 0.470 e. The van der Waals surface area contributed by atoms with Crippen molar-refractivity contribution < 1.29 is 9.47 Å². The second kappa shape index (κ2) is 13.2. The van der Waals surface area contributed by atoms with Gasteiger partial charge in [0.05, 0.1) is 0 Å². The van der Waals surface area contributed by atoms with E-state index in [0.717, 1.165) is 11.5 Å². The number of hydrogen-bond donors (Lipinski definition) is 0. The van der Waals surface area contributed by atoms with E-state index in [4.69, 9.17) is 9.47 Å². The van der Waals surface area contributed by atoms with E-state index in [9.17, 15) is 0 Å². The Balaban J connectivity index is 0.972. The van der Waals surface area contributed by atoms with E-state index in [1.54, 1.807) is 0 Å². The van der Waals surface area contributed by atoms with E-state index in [2.05, 4.69) is 212 Å². The van der Waals surface area contributed by atoms with Gasteiger partial charge in [-0.1, -0.05) is 151 Å². The molecule has 0 N–H and O–H groups in total. The van der Waals surface area contributed by atoms with Gasteiger partial charge in [0.15, 0.2) is 12.5 Å². The van der Waals surface area contributed by atoms with Gasteiger partial charge in [-0.2, -0.15) is 0 Å². The van der Waals surface area contributed by atoms with E-state index in [-0.39, 0.29) is 42.6 Å². The normalized spacial score (nSPS) is 25.6. The molecule has 4 aliphatic heterocycles. The molecular weight excluding hydrogens is 791 g/mol. The van der Waals surface area contributed by atoms with Gasteiger partial charge < -0.3 is 19.3 Å². The van der Waals surface area contributed by atoms with Crippen LogP contribution in [0.25, 0.3) is 22.3 Å². The lowest BCUT2D eigenvalue weighted by atomic mass is 9.26. The Bertz CT molecular complexity index is 3140. The summed E-state index contributed by atoms with van der Waals surface area (Å²) < 4.78 is 14.7. The molecule has 4 nitrogen and oxygen atoms in total. The molecule has 7 aromatic carbocycles. The number of nitrogens with zero attached hydrogens (tertiary/aromatic N) is 2. The van der Waals surface area contributed by atoms with Crippen molar-refractivity contribution in [1.29, 1.82) is 0 Å². The number of hydrogen-bond acceptors (Lipinski definition) is 4. The minimum absolute atomic E-state index is 0.0465. The lowest BCUT2D eigenvalue weighted by molar-refractivity contribution is 0.217. The SMILES string of the molecule is Cc1ccc2c(c1)C1B3c4c(cccc4N(c4ccc5c(c4)C4C=CC=CC4c4ccccc4-5)C4Oc5ccc(C)cc5C34)N(c3ccc4c(c3)C3C=CC=CC3c3ccccc3-4)C1O2. The second-order valence-corrected chi connectivity index (χ2v) is 19.5. The fourth-order valence-electron chi connectivity index (χ4n) is 13.6. The summed E-state index contributed by atoms with van der Waals surface area (Å²) >= 11 is 0. The predicted octanol–water partition coefficient (Wildman–Crippen LogP) is 13.3. The van der Waals surface area contributed by atoms with Gasteiger partial charge in [0.2, 0.25) is 6.71 Å². The van der Waals surface area contributed by atoms with Crippen LogP contribution in [0.2, 0.25) is 0 Å². The van der Waals surface area contributed by atoms with Gasteiger partial charge >= 0.3 is 0 Å². The number of anilines is 4. The summed E-state index contributed by atoms with van der Waals surface area (Å²) in [7, 11) is 0. The lowest BCUT2D eigenvalue weighted by Crippen LogP contribution is -2.64. The van der Waals surface area contributed by atoms with Crippen LogP contribution in [0.4, 0.5) is 22.7 Å². The first kappa shape index (κ1) is 36.1. The Kier molecular flexibility index (Phi) is 7.32. The molecule has 0 saturated carbocycles. The van der Waals surface area contributed by atoms with E-state index in [1.807, 2.05) is 0 Å². The fraction of sp³-hybridized carbons (Fsp3) is 0.167. The predicted molar refractivity (Wildman–Crippen MR) is 264 cm³/mol. The number of ether oxygens (including phenoxy) is 2. The van der Waals surface area contributed by atoms with Gasteiger partial charge in [0, 0.05) is 58.1 Å². The van der Waals surface area contributed by atoms with E-state index < -0.39 is 0 Å². The Morgan fingerprint density at radius 2 is 0.831 bits per heavy atom. The van der Waals surface area contributed by atoms with Gasteiger partial charge in [-0.05, 0) is 123 Å². The van der Waals surface area contributed by atoms with Gasteiger partial charge in [0.1, 0.15) is 11.5 Å². The minimum Gasteiger partial charge on any atom is -0.470 e. The van der Waals surface area contributed by atoms with E-state index >= 15 is 0 Å². The zero-order valence-electron chi connectivity index (χ0n) is 36.3. The maximum Gasteiger partial charge on any atom is 0.210 e. The van der Waals surface area contributed by atoms with Gasteiger partial charge in [-0.15, -0.1) is 0 Å². The molecule has 0 spiro atoms. The maximum atomic E-state index is 7.34. The van der Waals surface area contributed by atoms with Gasteiger partial charge in [0.25, 0.3) is 0 Å². The molecule has 7 aromatic rings. The quantitative estimate of drug-likeness (QED) is 0.162. The van der Waals surface area contributed by atoms with Crippen molar-refractivity contribution in [2.75, 3.05) is 9.80 Å². The van der Waals surface area contributed by atoms with Crippen LogP contribution in [0.5, 0.6) is 11.5 Å². The summed E-state index contributed by atoms with van der Waals surface area (Å²) in [5, 5.41) is 0. The molecule has 8 atom stereocenters. The third-order valence-corrected chi connectivity index (χ3v) is 16.2. The first-order valence-corrected chi connectivity index (χ1v) is 23.5. The Morgan fingerprint density at radius 1 is 0.400 bits per heavy atom. The first-order valence-electron chi connectivity index (χ1n) is 23.5. The average molecular weight is 837 g/mol. The van der Waals surface area contributed by atoms with Crippen LogP contribution in [0, 0.1) is 13.8 Å². The summed E-state index contributed by atoms with van der Waals surface area (Å²) in [6, 6.07) is 53.1. The zero-order valence-corrected chi connectivity index (χ0v) is 36.3. The highest BCUT2D eigenvalue weighted by molar-refractivity contribution is 6.80. The molecule has 0 fully saturated rings. The van der Waals surface area contributed by atoms with Crippen LogP contribution in [0.1, 0.15) is 79.8 Å². The fourth-order valence-corrected chi connectivity index (χ4v) is 13.6. The zero-order chi connectivity index (χ0) is 42.7. The number of rotatable bonds is 2. The number of benzene rings is 7. The van der Waals surface area contributed by atoms with Crippen LogP contribution in [0.15, 0.2) is 188 Å². The smallest absolute Gasteiger partial charge is 0.210 e. The molecule has 0 radical (unpaired) electrons. The number of allylic oxidation sites excluding steroid dienone is 8. The van der Waals surface area contributed by atoms with E-state index in [0.29, 0.717) is 11.8 Å². The van der Waals surface area contributed by atoms with Crippen molar-refractivity contribution in [2.45, 2.75) is 61.6 Å². The highest BCUT2D eigenvalue weighted by Crippen LogP contribution is 2.59. The van der Waals surface area contributed by atoms with Crippen LogP contribution >= 0.6 is 0 Å². The molecule has 8 unspecified atom stereocenters. The topological polar surface area (TPSA) is 24.9 Å². The summed E-state index contributed by atoms with van der Waals surface area (Å²) in [5.41, 5.74) is 22.1. The van der Waals surface area contributed by atoms with E-state index in [1.165, 1.54) is 95.0 Å². The summed E-state index contributed by atoms with van der Waals surface area (Å²) in [4.78, 5) is 5.12. The molecule has 8 aliphatic rings. The maximum absolute atomic E-state index is 7.34. The molecule has 4 heterocycles. The summed E-state index contributed by atoms with van der Waals surface area (Å²) in [6.45, 7) is 4.53. The Labute approximate surface area is 380 Å². The second-order valence-electron chi connectivity index (χ2n) is 19.5. The molecule has 0 bridgehead atoms. The Hall–Kier alpha value is -7.24. The molecule has 65 heavy (non-hydrogen) atoms. The minimum atomic E-state index is -0.251. The molecule has 0 aromatic heterocycles. The van der Waals surface area contributed by atoms with Crippen molar-refractivity contribution in [3.8, 4) is 33.8 Å². The molecule has 5 heteroatoms. The van der Waals surface area contributed by atoms with Crippen molar-refractivity contribution in [3.63, 3.8) is 0 Å². The highest BCUT2D eigenvalue weighted by atomic mass is 16.5. The molecule has 0 saturated heterocycles. The monoisotopic (exact) mass is 836 g/mol. The molecule has 4 aliphatic carbocycles.